The molecule has 0 spiro atoms. The molecule has 0 saturated heterocycles. The molecule has 0 atom stereocenters. The molecule has 0 aliphatic rings. The Morgan fingerprint density at radius 3 is 2.42 bits per heavy atom. The van der Waals surface area contributed by atoms with Crippen LogP contribution in [0.2, 0.25) is 5.02 Å². The average Bonchev–Trinajstić information content (AvgIpc) is 2.78. The first kappa shape index (κ1) is 25.1. The Bertz CT molecular complexity index is 1200. The molecule has 0 saturated carbocycles. The Kier molecular flexibility index (Phi) is 8.83. The summed E-state index contributed by atoms with van der Waals surface area (Å²) in [6, 6.07) is 22.1. The lowest BCUT2D eigenvalue weighted by molar-refractivity contribution is 0.0956. The van der Waals surface area contributed by atoms with Gasteiger partial charge < -0.3 is 5.32 Å². The minimum absolute atomic E-state index is 0.154. The summed E-state index contributed by atoms with van der Waals surface area (Å²) in [5, 5.41) is 3.67. The summed E-state index contributed by atoms with van der Waals surface area (Å²) in [6.45, 7) is 2.67. The maximum Gasteiger partial charge on any atom is 0.251 e. The molecule has 0 radical (unpaired) electrons. The molecule has 0 bridgehead atoms. The predicted molar refractivity (Wildman–Crippen MR) is 139 cm³/mol. The number of anilines is 1. The normalized spacial score (nSPS) is 11.2. The molecule has 0 fully saturated rings. The van der Waals surface area contributed by atoms with E-state index in [0.717, 1.165) is 33.2 Å². The van der Waals surface area contributed by atoms with E-state index in [-0.39, 0.29) is 12.5 Å². The van der Waals surface area contributed by atoms with Gasteiger partial charge in [0.25, 0.3) is 5.91 Å². The molecule has 0 aliphatic carbocycles. The lowest BCUT2D eigenvalue weighted by atomic mass is 10.1. The van der Waals surface area contributed by atoms with Gasteiger partial charge in [0.2, 0.25) is 10.0 Å². The van der Waals surface area contributed by atoms with Gasteiger partial charge in [-0.2, -0.15) is 11.8 Å². The smallest absolute Gasteiger partial charge is 0.251 e. The summed E-state index contributed by atoms with van der Waals surface area (Å²) >= 11 is 7.87. The van der Waals surface area contributed by atoms with Gasteiger partial charge in [-0.15, -0.1) is 0 Å². The zero-order chi connectivity index (χ0) is 23.8. The summed E-state index contributed by atoms with van der Waals surface area (Å²) in [4.78, 5) is 12.4. The van der Waals surface area contributed by atoms with Crippen LogP contribution in [0.1, 0.15) is 27.0 Å². The Morgan fingerprint density at radius 2 is 1.76 bits per heavy atom. The van der Waals surface area contributed by atoms with E-state index in [4.69, 9.17) is 11.6 Å². The highest BCUT2D eigenvalue weighted by Crippen LogP contribution is 2.22. The third kappa shape index (κ3) is 7.52. The molecule has 1 N–H and O–H groups in total. The standard InChI is InChI=1S/C25H27ClN2O3S2/c1-19-6-5-8-23(16-19)28(33(2,30)31)17-20-10-12-21(13-11-20)25(29)27-14-15-32-18-22-7-3-4-9-24(22)26/h3-13,16H,14-15,17-18H2,1-2H3,(H,27,29). The fraction of sp³-hybridized carbons (Fsp3) is 0.240. The highest BCUT2D eigenvalue weighted by molar-refractivity contribution is 7.98. The van der Waals surface area contributed by atoms with Gasteiger partial charge in [-0.1, -0.05) is 54.1 Å². The number of hydrogen-bond donors (Lipinski definition) is 1. The second-order valence-electron chi connectivity index (χ2n) is 7.71. The molecule has 0 aliphatic heterocycles. The Labute approximate surface area is 205 Å². The van der Waals surface area contributed by atoms with Crippen molar-refractivity contribution in [2.24, 2.45) is 0 Å². The second-order valence-corrected chi connectivity index (χ2v) is 11.1. The predicted octanol–water partition coefficient (Wildman–Crippen LogP) is 5.28. The maximum absolute atomic E-state index is 12.4. The first-order chi connectivity index (χ1) is 15.7. The molecule has 0 unspecified atom stereocenters. The van der Waals surface area contributed by atoms with E-state index in [2.05, 4.69) is 5.32 Å². The molecule has 3 rings (SSSR count). The Hall–Kier alpha value is -2.48. The van der Waals surface area contributed by atoms with Gasteiger partial charge in [0.1, 0.15) is 0 Å². The molecule has 1 amide bonds. The molecular formula is C25H27ClN2O3S2. The molecule has 3 aromatic rings. The monoisotopic (exact) mass is 502 g/mol. The minimum Gasteiger partial charge on any atom is -0.351 e. The number of amides is 1. The molecule has 174 valence electrons. The number of benzene rings is 3. The SMILES string of the molecule is Cc1cccc(N(Cc2ccc(C(=O)NCCSCc3ccccc3Cl)cc2)S(C)(=O)=O)c1. The van der Waals surface area contributed by atoms with Crippen molar-refractivity contribution >= 4 is 45.0 Å². The number of thioether (sulfide) groups is 1. The number of carbonyl (C=O) groups excluding carboxylic acids is 1. The number of sulfonamides is 1. The van der Waals surface area contributed by atoms with E-state index in [0.29, 0.717) is 17.8 Å². The number of halogens is 1. The van der Waals surface area contributed by atoms with Crippen LogP contribution in [0.4, 0.5) is 5.69 Å². The van der Waals surface area contributed by atoms with E-state index in [9.17, 15) is 13.2 Å². The summed E-state index contributed by atoms with van der Waals surface area (Å²) in [7, 11) is -3.46. The number of nitrogens with zero attached hydrogens (tertiary/aromatic N) is 1. The van der Waals surface area contributed by atoms with E-state index in [1.165, 1.54) is 10.6 Å². The van der Waals surface area contributed by atoms with Gasteiger partial charge in [-0.3, -0.25) is 9.10 Å². The van der Waals surface area contributed by atoms with Crippen molar-refractivity contribution in [1.82, 2.24) is 5.32 Å². The van der Waals surface area contributed by atoms with E-state index < -0.39 is 10.0 Å². The van der Waals surface area contributed by atoms with Gasteiger partial charge in [0.05, 0.1) is 18.5 Å². The summed E-state index contributed by atoms with van der Waals surface area (Å²) in [5.74, 6) is 1.41. The highest BCUT2D eigenvalue weighted by atomic mass is 35.5. The number of carbonyl (C=O) groups is 1. The molecular weight excluding hydrogens is 476 g/mol. The van der Waals surface area contributed by atoms with Crippen LogP contribution in [-0.4, -0.2) is 32.9 Å². The van der Waals surface area contributed by atoms with Gasteiger partial charge in [-0.05, 0) is 53.9 Å². The minimum atomic E-state index is -3.46. The fourth-order valence-corrected chi connectivity index (χ4v) is 5.27. The summed E-state index contributed by atoms with van der Waals surface area (Å²) < 4.78 is 26.1. The van der Waals surface area contributed by atoms with Crippen LogP contribution in [0.3, 0.4) is 0 Å². The fourth-order valence-electron chi connectivity index (χ4n) is 3.25. The molecule has 5 nitrogen and oxygen atoms in total. The highest BCUT2D eigenvalue weighted by Gasteiger charge is 2.18. The van der Waals surface area contributed by atoms with Crippen LogP contribution >= 0.6 is 23.4 Å². The van der Waals surface area contributed by atoms with Gasteiger partial charge in [-0.25, -0.2) is 8.42 Å². The third-order valence-corrected chi connectivity index (χ3v) is 7.50. The number of rotatable bonds is 10. The van der Waals surface area contributed by atoms with E-state index in [1.54, 1.807) is 42.1 Å². The van der Waals surface area contributed by atoms with Crippen molar-refractivity contribution in [2.45, 2.75) is 19.2 Å². The largest absolute Gasteiger partial charge is 0.351 e. The van der Waals surface area contributed by atoms with Gasteiger partial charge in [0, 0.05) is 28.6 Å². The first-order valence-electron chi connectivity index (χ1n) is 10.5. The van der Waals surface area contributed by atoms with Crippen molar-refractivity contribution in [2.75, 3.05) is 22.9 Å². The summed E-state index contributed by atoms with van der Waals surface area (Å²) in [5.41, 5.74) is 4.02. The van der Waals surface area contributed by atoms with Crippen LogP contribution in [0.15, 0.2) is 72.8 Å². The molecule has 0 heterocycles. The van der Waals surface area contributed by atoms with Crippen LogP contribution < -0.4 is 9.62 Å². The van der Waals surface area contributed by atoms with Crippen LogP contribution in [0, 0.1) is 6.92 Å². The molecule has 33 heavy (non-hydrogen) atoms. The van der Waals surface area contributed by atoms with Crippen LogP contribution in [-0.2, 0) is 22.3 Å². The van der Waals surface area contributed by atoms with Crippen molar-refractivity contribution < 1.29 is 13.2 Å². The zero-order valence-corrected chi connectivity index (χ0v) is 21.0. The quantitative estimate of drug-likeness (QED) is 0.383. The van der Waals surface area contributed by atoms with Gasteiger partial charge in [0.15, 0.2) is 0 Å². The third-order valence-electron chi connectivity index (χ3n) is 4.98. The number of aryl methyl sites for hydroxylation is 1. The van der Waals surface area contributed by atoms with Crippen molar-refractivity contribution in [3.05, 3.63) is 100 Å². The van der Waals surface area contributed by atoms with E-state index >= 15 is 0 Å². The number of nitrogens with one attached hydrogen (secondary N) is 1. The van der Waals surface area contributed by atoms with Crippen molar-refractivity contribution in [1.29, 1.82) is 0 Å². The average molecular weight is 503 g/mol. The van der Waals surface area contributed by atoms with Crippen molar-refractivity contribution in [3.8, 4) is 0 Å². The topological polar surface area (TPSA) is 66.5 Å². The maximum atomic E-state index is 12.4. The first-order valence-corrected chi connectivity index (χ1v) is 13.8. The molecule has 8 heteroatoms. The molecule has 0 aromatic heterocycles. The lowest BCUT2D eigenvalue weighted by Crippen LogP contribution is -2.29. The zero-order valence-electron chi connectivity index (χ0n) is 18.6. The Balaban J connectivity index is 1.53. The lowest BCUT2D eigenvalue weighted by Gasteiger charge is -2.23. The molecule has 3 aromatic carbocycles. The second kappa shape index (κ2) is 11.6. The van der Waals surface area contributed by atoms with Crippen LogP contribution in [0.5, 0.6) is 0 Å². The van der Waals surface area contributed by atoms with Gasteiger partial charge >= 0.3 is 0 Å². The number of hydrogen-bond acceptors (Lipinski definition) is 4. The van der Waals surface area contributed by atoms with E-state index in [1.807, 2.05) is 49.4 Å². The van der Waals surface area contributed by atoms with Crippen LogP contribution in [0.25, 0.3) is 0 Å². The van der Waals surface area contributed by atoms with Crippen molar-refractivity contribution in [3.63, 3.8) is 0 Å². The Morgan fingerprint density at radius 1 is 1.03 bits per heavy atom. The summed E-state index contributed by atoms with van der Waals surface area (Å²) in [6.07, 6.45) is 1.20.